The Labute approximate surface area is 145 Å². The van der Waals surface area contributed by atoms with Crippen molar-refractivity contribution in [2.75, 3.05) is 20.3 Å². The molecule has 0 radical (unpaired) electrons. The van der Waals surface area contributed by atoms with Crippen LogP contribution in [0.2, 0.25) is 0 Å². The quantitative estimate of drug-likeness (QED) is 0.869. The van der Waals surface area contributed by atoms with E-state index in [2.05, 4.69) is 0 Å². The second-order valence-electron chi connectivity index (χ2n) is 5.30. The lowest BCUT2D eigenvalue weighted by atomic mass is 10.1. The van der Waals surface area contributed by atoms with E-state index in [9.17, 15) is 13.2 Å². The smallest absolute Gasteiger partial charge is 0.267 e. The third-order valence-corrected chi connectivity index (χ3v) is 4.98. The Balaban J connectivity index is 1.82. The Morgan fingerprint density at radius 3 is 2.44 bits per heavy atom. The highest BCUT2D eigenvalue weighted by molar-refractivity contribution is 7.90. The van der Waals surface area contributed by atoms with E-state index in [0.717, 1.165) is 0 Å². The van der Waals surface area contributed by atoms with E-state index in [1.807, 2.05) is 4.72 Å². The van der Waals surface area contributed by atoms with Gasteiger partial charge in [0.25, 0.3) is 15.9 Å². The third-order valence-electron chi connectivity index (χ3n) is 3.64. The van der Waals surface area contributed by atoms with Crippen LogP contribution in [0.1, 0.15) is 11.7 Å². The highest BCUT2D eigenvalue weighted by atomic mass is 32.2. The summed E-state index contributed by atoms with van der Waals surface area (Å²) in [6, 6.07) is 12.8. The SMILES string of the molecule is CO[C@@H](C(=O)NS(=O)(=O)c1ccc2c(c1)OCCO2)c1ccccc1. The van der Waals surface area contributed by atoms with E-state index >= 15 is 0 Å². The topological polar surface area (TPSA) is 90.9 Å². The van der Waals surface area contributed by atoms with E-state index in [0.29, 0.717) is 30.3 Å². The molecular weight excluding hydrogens is 346 g/mol. The van der Waals surface area contributed by atoms with Crippen molar-refractivity contribution in [1.29, 1.82) is 0 Å². The standard InChI is InChI=1S/C17H17NO6S/c1-22-16(12-5-3-2-4-6-12)17(19)18-25(20,21)13-7-8-14-15(11-13)24-10-9-23-14/h2-8,11,16H,9-10H2,1H3,(H,18,19)/t16-/m1/s1. The fourth-order valence-corrected chi connectivity index (χ4v) is 3.46. The number of amides is 1. The molecule has 3 rings (SSSR count). The van der Waals surface area contributed by atoms with Gasteiger partial charge in [0.2, 0.25) is 0 Å². The molecule has 0 saturated heterocycles. The molecule has 8 heteroatoms. The van der Waals surface area contributed by atoms with Gasteiger partial charge in [0.1, 0.15) is 13.2 Å². The van der Waals surface area contributed by atoms with Crippen molar-refractivity contribution >= 4 is 15.9 Å². The van der Waals surface area contributed by atoms with E-state index in [-0.39, 0.29) is 4.90 Å². The number of methoxy groups -OCH3 is 1. The molecule has 7 nitrogen and oxygen atoms in total. The Hall–Kier alpha value is -2.58. The molecular formula is C17H17NO6S. The van der Waals surface area contributed by atoms with Crippen LogP contribution in [0.5, 0.6) is 11.5 Å². The maximum absolute atomic E-state index is 12.5. The number of hydrogen-bond acceptors (Lipinski definition) is 6. The maximum atomic E-state index is 12.5. The molecule has 0 bridgehead atoms. The van der Waals surface area contributed by atoms with Crippen LogP contribution >= 0.6 is 0 Å². The van der Waals surface area contributed by atoms with Gasteiger partial charge < -0.3 is 14.2 Å². The lowest BCUT2D eigenvalue weighted by Gasteiger charge is -2.19. The van der Waals surface area contributed by atoms with Crippen molar-refractivity contribution in [2.24, 2.45) is 0 Å². The van der Waals surface area contributed by atoms with Crippen molar-refractivity contribution in [3.8, 4) is 11.5 Å². The summed E-state index contributed by atoms with van der Waals surface area (Å²) in [5.41, 5.74) is 0.555. The van der Waals surface area contributed by atoms with Gasteiger partial charge in [0.05, 0.1) is 4.90 Å². The summed E-state index contributed by atoms with van der Waals surface area (Å²) in [7, 11) is -2.73. The fourth-order valence-electron chi connectivity index (χ4n) is 2.46. The second-order valence-corrected chi connectivity index (χ2v) is 6.98. The average Bonchev–Trinajstić information content (AvgIpc) is 2.62. The van der Waals surface area contributed by atoms with Gasteiger partial charge in [-0.25, -0.2) is 13.1 Å². The van der Waals surface area contributed by atoms with Crippen LogP contribution in [0.15, 0.2) is 53.4 Å². The van der Waals surface area contributed by atoms with E-state index < -0.39 is 22.0 Å². The predicted molar refractivity (Wildman–Crippen MR) is 89.0 cm³/mol. The zero-order valence-corrected chi connectivity index (χ0v) is 14.3. The zero-order valence-electron chi connectivity index (χ0n) is 13.5. The molecule has 1 N–H and O–H groups in total. The minimum atomic E-state index is -4.07. The molecule has 2 aromatic carbocycles. The molecule has 0 unspecified atom stereocenters. The van der Waals surface area contributed by atoms with E-state index in [1.54, 1.807) is 30.3 Å². The van der Waals surface area contributed by atoms with Gasteiger partial charge in [-0.1, -0.05) is 30.3 Å². The number of nitrogens with one attached hydrogen (secondary N) is 1. The molecule has 0 aromatic heterocycles. The molecule has 0 spiro atoms. The monoisotopic (exact) mass is 363 g/mol. The van der Waals surface area contributed by atoms with Crippen LogP contribution in [0.4, 0.5) is 0 Å². The Morgan fingerprint density at radius 2 is 1.76 bits per heavy atom. The van der Waals surface area contributed by atoms with Crippen LogP contribution in [-0.4, -0.2) is 34.6 Å². The molecule has 0 fully saturated rings. The van der Waals surface area contributed by atoms with Crippen molar-refractivity contribution in [1.82, 2.24) is 4.72 Å². The van der Waals surface area contributed by atoms with Crippen LogP contribution in [0.3, 0.4) is 0 Å². The van der Waals surface area contributed by atoms with Gasteiger partial charge >= 0.3 is 0 Å². The van der Waals surface area contributed by atoms with Gasteiger partial charge in [-0.3, -0.25) is 4.79 Å². The summed E-state index contributed by atoms with van der Waals surface area (Å²) >= 11 is 0. The summed E-state index contributed by atoms with van der Waals surface area (Å²) in [5.74, 6) is 0.0205. The summed E-state index contributed by atoms with van der Waals surface area (Å²) in [6.07, 6.45) is -1.03. The molecule has 1 aliphatic rings. The number of carbonyl (C=O) groups excluding carboxylic acids is 1. The average molecular weight is 363 g/mol. The molecule has 25 heavy (non-hydrogen) atoms. The highest BCUT2D eigenvalue weighted by Gasteiger charge is 2.27. The number of sulfonamides is 1. The van der Waals surface area contributed by atoms with Gasteiger partial charge in [0, 0.05) is 13.2 Å². The lowest BCUT2D eigenvalue weighted by Crippen LogP contribution is -2.35. The molecule has 1 atom stereocenters. The van der Waals surface area contributed by atoms with Crippen LogP contribution < -0.4 is 14.2 Å². The predicted octanol–water partition coefficient (Wildman–Crippen LogP) is 1.65. The van der Waals surface area contributed by atoms with Crippen LogP contribution in [0.25, 0.3) is 0 Å². The van der Waals surface area contributed by atoms with E-state index in [4.69, 9.17) is 14.2 Å². The fraction of sp³-hybridized carbons (Fsp3) is 0.235. The summed E-state index contributed by atoms with van der Waals surface area (Å²) in [5, 5.41) is 0. The van der Waals surface area contributed by atoms with Crippen molar-refractivity contribution in [2.45, 2.75) is 11.0 Å². The number of benzene rings is 2. The van der Waals surface area contributed by atoms with Crippen molar-refractivity contribution < 1.29 is 27.4 Å². The summed E-state index contributed by atoms with van der Waals surface area (Å²) in [4.78, 5) is 12.3. The number of fused-ring (bicyclic) bond motifs is 1. The van der Waals surface area contributed by atoms with Gasteiger partial charge in [-0.05, 0) is 17.7 Å². The van der Waals surface area contributed by atoms with Gasteiger partial charge in [0.15, 0.2) is 17.6 Å². The first kappa shape index (κ1) is 17.2. The molecule has 2 aromatic rings. The molecule has 1 heterocycles. The number of ether oxygens (including phenoxy) is 3. The summed E-state index contributed by atoms with van der Waals surface area (Å²) < 4.78 is 42.9. The second kappa shape index (κ2) is 7.12. The largest absolute Gasteiger partial charge is 0.486 e. The Bertz CT molecular complexity index is 866. The van der Waals surface area contributed by atoms with E-state index in [1.165, 1.54) is 25.3 Å². The molecule has 132 valence electrons. The van der Waals surface area contributed by atoms with Crippen molar-refractivity contribution in [3.63, 3.8) is 0 Å². The highest BCUT2D eigenvalue weighted by Crippen LogP contribution is 2.32. The van der Waals surface area contributed by atoms with Crippen LogP contribution in [0, 0.1) is 0 Å². The number of hydrogen-bond donors (Lipinski definition) is 1. The van der Waals surface area contributed by atoms with Crippen molar-refractivity contribution in [3.05, 3.63) is 54.1 Å². The minimum absolute atomic E-state index is 0.0898. The third kappa shape index (κ3) is 3.75. The Morgan fingerprint density at radius 1 is 1.08 bits per heavy atom. The molecule has 0 saturated carbocycles. The molecule has 0 aliphatic carbocycles. The van der Waals surface area contributed by atoms with Gasteiger partial charge in [-0.15, -0.1) is 0 Å². The number of rotatable bonds is 5. The normalized spacial score (nSPS) is 14.6. The molecule has 1 amide bonds. The number of carbonyl (C=O) groups is 1. The lowest BCUT2D eigenvalue weighted by molar-refractivity contribution is -0.129. The minimum Gasteiger partial charge on any atom is -0.486 e. The first-order chi connectivity index (χ1) is 12.0. The first-order valence-electron chi connectivity index (χ1n) is 7.55. The first-order valence-corrected chi connectivity index (χ1v) is 9.03. The zero-order chi connectivity index (χ0) is 17.9. The summed E-state index contributed by atoms with van der Waals surface area (Å²) in [6.45, 7) is 0.741. The Kier molecular flexibility index (Phi) is 4.91. The maximum Gasteiger partial charge on any atom is 0.267 e. The van der Waals surface area contributed by atoms with Crippen LogP contribution in [-0.2, 0) is 19.6 Å². The molecule has 1 aliphatic heterocycles. The van der Waals surface area contributed by atoms with Gasteiger partial charge in [-0.2, -0.15) is 0 Å².